The molecule has 1 aromatic heterocycles. The Balaban J connectivity index is 1.41. The van der Waals surface area contributed by atoms with E-state index in [4.69, 9.17) is 9.15 Å². The van der Waals surface area contributed by atoms with Crippen molar-refractivity contribution >= 4 is 5.91 Å². The molecule has 2 aromatic rings. The quantitative estimate of drug-likeness (QED) is 0.804. The minimum Gasteiger partial charge on any atom is -0.487 e. The van der Waals surface area contributed by atoms with Crippen LogP contribution in [0.4, 0.5) is 0 Å². The fraction of sp³-hybridized carbons (Fsp3) is 0.389. The molecule has 0 atom stereocenters. The fourth-order valence-corrected chi connectivity index (χ4v) is 2.76. The van der Waals surface area contributed by atoms with Gasteiger partial charge in [0.1, 0.15) is 11.4 Å². The Bertz CT molecular complexity index is 678. The monoisotopic (exact) mass is 314 g/mol. The molecule has 2 N–H and O–H groups in total. The van der Waals surface area contributed by atoms with Crippen LogP contribution in [-0.2, 0) is 13.0 Å². The highest BCUT2D eigenvalue weighted by atomic mass is 16.5. The lowest BCUT2D eigenvalue weighted by atomic mass is 10.0. The van der Waals surface area contributed by atoms with Crippen molar-refractivity contribution in [3.63, 3.8) is 0 Å². The van der Waals surface area contributed by atoms with Gasteiger partial charge in [-0.2, -0.15) is 0 Å². The second-order valence-corrected chi connectivity index (χ2v) is 6.39. The third-order valence-corrected chi connectivity index (χ3v) is 3.79. The molecule has 0 spiro atoms. The summed E-state index contributed by atoms with van der Waals surface area (Å²) >= 11 is 0. The average Bonchev–Trinajstić information content (AvgIpc) is 3.12. The van der Waals surface area contributed by atoms with E-state index in [9.17, 15) is 4.79 Å². The minimum atomic E-state index is -0.186. The number of furan rings is 1. The third-order valence-electron chi connectivity index (χ3n) is 3.79. The van der Waals surface area contributed by atoms with Gasteiger partial charge in [0.25, 0.3) is 5.91 Å². The maximum absolute atomic E-state index is 11.7. The van der Waals surface area contributed by atoms with E-state index in [1.807, 2.05) is 6.07 Å². The van der Waals surface area contributed by atoms with E-state index in [1.165, 1.54) is 17.4 Å². The Hall–Kier alpha value is -2.27. The molecule has 2 heterocycles. The van der Waals surface area contributed by atoms with Crippen molar-refractivity contribution in [3.8, 4) is 5.75 Å². The number of hydrogen-bond acceptors (Lipinski definition) is 4. The fourth-order valence-electron chi connectivity index (χ4n) is 2.76. The van der Waals surface area contributed by atoms with Gasteiger partial charge >= 0.3 is 0 Å². The first-order valence-electron chi connectivity index (χ1n) is 7.87. The first-order chi connectivity index (χ1) is 11.0. The number of fused-ring (bicyclic) bond motifs is 1. The van der Waals surface area contributed by atoms with E-state index in [2.05, 4.69) is 36.6 Å². The zero-order valence-electron chi connectivity index (χ0n) is 13.5. The van der Waals surface area contributed by atoms with Gasteiger partial charge in [0.2, 0.25) is 0 Å². The van der Waals surface area contributed by atoms with Gasteiger partial charge in [0.15, 0.2) is 5.76 Å². The number of nitrogens with one attached hydrogen (secondary N) is 2. The molecule has 0 saturated carbocycles. The van der Waals surface area contributed by atoms with E-state index in [0.29, 0.717) is 18.8 Å². The second-order valence-electron chi connectivity index (χ2n) is 6.39. The summed E-state index contributed by atoms with van der Waals surface area (Å²) in [5.41, 5.74) is 2.38. The average molecular weight is 314 g/mol. The van der Waals surface area contributed by atoms with Crippen molar-refractivity contribution in [1.82, 2.24) is 10.6 Å². The lowest BCUT2D eigenvalue weighted by Gasteiger charge is -2.16. The molecule has 3 rings (SSSR count). The van der Waals surface area contributed by atoms with Crippen molar-refractivity contribution in [2.45, 2.75) is 32.4 Å². The Labute approximate surface area is 136 Å². The Morgan fingerprint density at radius 1 is 1.26 bits per heavy atom. The normalized spacial score (nSPS) is 15.0. The van der Waals surface area contributed by atoms with Crippen LogP contribution in [0.25, 0.3) is 0 Å². The van der Waals surface area contributed by atoms with Gasteiger partial charge < -0.3 is 19.8 Å². The molecule has 1 aliphatic rings. The number of hydrogen-bond donors (Lipinski definition) is 2. The molecule has 0 radical (unpaired) electrons. The predicted molar refractivity (Wildman–Crippen MR) is 87.6 cm³/mol. The summed E-state index contributed by atoms with van der Waals surface area (Å²) in [7, 11) is 0. The third kappa shape index (κ3) is 3.93. The van der Waals surface area contributed by atoms with E-state index < -0.39 is 0 Å². The molecule has 0 fully saturated rings. The van der Waals surface area contributed by atoms with Crippen molar-refractivity contribution < 1.29 is 13.9 Å². The topological polar surface area (TPSA) is 63.5 Å². The standard InChI is InChI=1S/C18H22N2O3/c1-18(2)11-14-10-13(5-6-15(14)23-18)12-19-7-8-20-17(21)16-4-3-9-22-16/h3-6,9-10,19H,7-8,11-12H2,1-2H3,(H,20,21). The zero-order chi connectivity index (χ0) is 16.3. The Morgan fingerprint density at radius 2 is 2.13 bits per heavy atom. The van der Waals surface area contributed by atoms with Crippen LogP contribution < -0.4 is 15.4 Å². The summed E-state index contributed by atoms with van der Waals surface area (Å²) in [5.74, 6) is 1.14. The molecule has 0 saturated heterocycles. The van der Waals surface area contributed by atoms with E-state index in [0.717, 1.165) is 18.7 Å². The SMILES string of the molecule is CC1(C)Cc2cc(CNCCNC(=O)c3ccco3)ccc2O1. The smallest absolute Gasteiger partial charge is 0.287 e. The van der Waals surface area contributed by atoms with Gasteiger partial charge in [-0.3, -0.25) is 4.79 Å². The van der Waals surface area contributed by atoms with Gasteiger partial charge in [-0.15, -0.1) is 0 Å². The van der Waals surface area contributed by atoms with Crippen LogP contribution in [0.15, 0.2) is 41.0 Å². The van der Waals surface area contributed by atoms with Crippen LogP contribution in [-0.4, -0.2) is 24.6 Å². The lowest BCUT2D eigenvalue weighted by Crippen LogP contribution is -2.31. The number of rotatable bonds is 6. The summed E-state index contributed by atoms with van der Waals surface area (Å²) in [6.07, 6.45) is 2.43. The number of ether oxygens (including phenoxy) is 1. The Morgan fingerprint density at radius 3 is 2.91 bits per heavy atom. The molecule has 0 aliphatic carbocycles. The highest BCUT2D eigenvalue weighted by Crippen LogP contribution is 2.35. The molecule has 5 heteroatoms. The molecule has 1 aliphatic heterocycles. The maximum atomic E-state index is 11.7. The molecule has 122 valence electrons. The van der Waals surface area contributed by atoms with Crippen molar-refractivity contribution in [1.29, 1.82) is 0 Å². The van der Waals surface area contributed by atoms with E-state index in [-0.39, 0.29) is 11.5 Å². The van der Waals surface area contributed by atoms with Crippen LogP contribution in [0.1, 0.15) is 35.5 Å². The van der Waals surface area contributed by atoms with Crippen molar-refractivity contribution in [3.05, 3.63) is 53.5 Å². The summed E-state index contributed by atoms with van der Waals surface area (Å²) in [5, 5.41) is 6.14. The molecule has 23 heavy (non-hydrogen) atoms. The molecule has 0 unspecified atom stereocenters. The van der Waals surface area contributed by atoms with E-state index >= 15 is 0 Å². The van der Waals surface area contributed by atoms with Crippen LogP contribution in [0.3, 0.4) is 0 Å². The van der Waals surface area contributed by atoms with Crippen LogP contribution in [0.5, 0.6) is 5.75 Å². The minimum absolute atomic E-state index is 0.107. The van der Waals surface area contributed by atoms with Gasteiger partial charge in [-0.25, -0.2) is 0 Å². The Kier molecular flexibility index (Phi) is 4.39. The molecular weight excluding hydrogens is 292 g/mol. The highest BCUT2D eigenvalue weighted by Gasteiger charge is 2.29. The summed E-state index contributed by atoms with van der Waals surface area (Å²) < 4.78 is 10.9. The molecular formula is C18H22N2O3. The second kappa shape index (κ2) is 6.46. The summed E-state index contributed by atoms with van der Waals surface area (Å²) in [6.45, 7) is 6.23. The van der Waals surface area contributed by atoms with Crippen LogP contribution in [0, 0.1) is 0 Å². The van der Waals surface area contributed by atoms with Gasteiger partial charge in [-0.1, -0.05) is 12.1 Å². The summed E-state index contributed by atoms with van der Waals surface area (Å²) in [6, 6.07) is 9.66. The molecule has 5 nitrogen and oxygen atoms in total. The van der Waals surface area contributed by atoms with Crippen molar-refractivity contribution in [2.75, 3.05) is 13.1 Å². The molecule has 0 bridgehead atoms. The number of benzene rings is 1. The zero-order valence-corrected chi connectivity index (χ0v) is 13.5. The first-order valence-corrected chi connectivity index (χ1v) is 7.87. The van der Waals surface area contributed by atoms with Gasteiger partial charge in [0, 0.05) is 26.1 Å². The summed E-state index contributed by atoms with van der Waals surface area (Å²) in [4.78, 5) is 11.7. The van der Waals surface area contributed by atoms with E-state index in [1.54, 1.807) is 12.1 Å². The van der Waals surface area contributed by atoms with Crippen LogP contribution in [0.2, 0.25) is 0 Å². The number of carbonyl (C=O) groups is 1. The molecule has 1 aromatic carbocycles. The number of carbonyl (C=O) groups excluding carboxylic acids is 1. The van der Waals surface area contributed by atoms with Crippen molar-refractivity contribution in [2.24, 2.45) is 0 Å². The number of amides is 1. The highest BCUT2D eigenvalue weighted by molar-refractivity contribution is 5.91. The van der Waals surface area contributed by atoms with Crippen LogP contribution >= 0.6 is 0 Å². The first kappa shape index (κ1) is 15.6. The maximum Gasteiger partial charge on any atom is 0.287 e. The van der Waals surface area contributed by atoms with Gasteiger partial charge in [-0.05, 0) is 43.2 Å². The van der Waals surface area contributed by atoms with Gasteiger partial charge in [0.05, 0.1) is 6.26 Å². The lowest BCUT2D eigenvalue weighted by molar-refractivity contribution is 0.0926. The predicted octanol–water partition coefficient (Wildman–Crippen LogP) is 2.51. The largest absolute Gasteiger partial charge is 0.487 e. The molecule has 1 amide bonds.